The fourth-order valence-corrected chi connectivity index (χ4v) is 2.68. The third-order valence-electron chi connectivity index (χ3n) is 3.80. The molecule has 1 heterocycles. The van der Waals surface area contributed by atoms with Crippen LogP contribution in [-0.2, 0) is 0 Å². The number of hydrogen-bond acceptors (Lipinski definition) is 2. The van der Waals surface area contributed by atoms with Gasteiger partial charge in [0.2, 0.25) is 0 Å². The van der Waals surface area contributed by atoms with Crippen molar-refractivity contribution < 1.29 is 0 Å². The summed E-state index contributed by atoms with van der Waals surface area (Å²) in [6, 6.07) is 1.31. The third kappa shape index (κ3) is 2.12. The van der Waals surface area contributed by atoms with Gasteiger partial charge in [-0.25, -0.2) is 0 Å². The first-order valence-electron chi connectivity index (χ1n) is 6.06. The fraction of sp³-hybridized carbons (Fsp3) is 1.00. The summed E-state index contributed by atoms with van der Waals surface area (Å²) in [5.41, 5.74) is 0.403. The standard InChI is InChI=1S/C12H26N2/c1-6-12(7-2)9-13-11(5)8-14(12)10(3)4/h10-11,13H,6-9H2,1-5H3. The molecular formula is C12H26N2. The van der Waals surface area contributed by atoms with E-state index in [-0.39, 0.29) is 0 Å². The highest BCUT2D eigenvalue weighted by molar-refractivity contribution is 4.97. The van der Waals surface area contributed by atoms with Crippen molar-refractivity contribution in [3.05, 3.63) is 0 Å². The Bertz CT molecular complexity index is 173. The zero-order valence-corrected chi connectivity index (χ0v) is 10.4. The van der Waals surface area contributed by atoms with E-state index >= 15 is 0 Å². The van der Waals surface area contributed by atoms with Gasteiger partial charge in [0.05, 0.1) is 0 Å². The predicted octanol–water partition coefficient (Wildman–Crippen LogP) is 2.25. The molecule has 0 aromatic heterocycles. The van der Waals surface area contributed by atoms with Gasteiger partial charge in [-0.1, -0.05) is 13.8 Å². The average molecular weight is 198 g/mol. The van der Waals surface area contributed by atoms with Crippen LogP contribution >= 0.6 is 0 Å². The van der Waals surface area contributed by atoms with Crippen molar-refractivity contribution >= 4 is 0 Å². The second-order valence-corrected chi connectivity index (χ2v) is 4.96. The lowest BCUT2D eigenvalue weighted by Gasteiger charge is -2.51. The fourth-order valence-electron chi connectivity index (χ4n) is 2.68. The molecule has 1 aliphatic heterocycles. The highest BCUT2D eigenvalue weighted by Gasteiger charge is 2.38. The first-order valence-corrected chi connectivity index (χ1v) is 6.06. The molecule has 0 bridgehead atoms. The van der Waals surface area contributed by atoms with Crippen molar-refractivity contribution in [1.82, 2.24) is 10.2 Å². The first-order chi connectivity index (χ1) is 6.55. The molecule has 0 amide bonds. The van der Waals surface area contributed by atoms with E-state index in [9.17, 15) is 0 Å². The van der Waals surface area contributed by atoms with Crippen molar-refractivity contribution in [1.29, 1.82) is 0 Å². The van der Waals surface area contributed by atoms with Gasteiger partial charge in [0.25, 0.3) is 0 Å². The quantitative estimate of drug-likeness (QED) is 0.748. The van der Waals surface area contributed by atoms with Crippen molar-refractivity contribution in [3.63, 3.8) is 0 Å². The molecule has 1 N–H and O–H groups in total. The van der Waals surface area contributed by atoms with E-state index in [2.05, 4.69) is 44.8 Å². The molecule has 1 saturated heterocycles. The Morgan fingerprint density at radius 1 is 1.36 bits per heavy atom. The van der Waals surface area contributed by atoms with Gasteiger partial charge in [-0.05, 0) is 33.6 Å². The van der Waals surface area contributed by atoms with Crippen molar-refractivity contribution in [2.45, 2.75) is 65.1 Å². The highest BCUT2D eigenvalue weighted by atomic mass is 15.3. The van der Waals surface area contributed by atoms with Crippen LogP contribution < -0.4 is 5.32 Å². The average Bonchev–Trinajstić information content (AvgIpc) is 2.18. The van der Waals surface area contributed by atoms with Crippen LogP contribution in [0.5, 0.6) is 0 Å². The van der Waals surface area contributed by atoms with Gasteiger partial charge >= 0.3 is 0 Å². The zero-order valence-electron chi connectivity index (χ0n) is 10.4. The van der Waals surface area contributed by atoms with Gasteiger partial charge in [-0.3, -0.25) is 4.90 Å². The van der Waals surface area contributed by atoms with Gasteiger partial charge in [0.1, 0.15) is 0 Å². The SMILES string of the molecule is CCC1(CC)CNC(C)CN1C(C)C. The van der Waals surface area contributed by atoms with Gasteiger partial charge in [-0.15, -0.1) is 0 Å². The molecule has 2 nitrogen and oxygen atoms in total. The van der Waals surface area contributed by atoms with E-state index < -0.39 is 0 Å². The summed E-state index contributed by atoms with van der Waals surface area (Å²) in [6.45, 7) is 13.9. The van der Waals surface area contributed by atoms with Gasteiger partial charge in [0.15, 0.2) is 0 Å². The molecule has 0 spiro atoms. The minimum absolute atomic E-state index is 0.403. The number of piperazine rings is 1. The Balaban J connectivity index is 2.80. The summed E-state index contributed by atoms with van der Waals surface area (Å²) in [5, 5.41) is 3.62. The molecule has 0 aromatic rings. The molecule has 1 atom stereocenters. The largest absolute Gasteiger partial charge is 0.311 e. The zero-order chi connectivity index (χ0) is 10.8. The monoisotopic (exact) mass is 198 g/mol. The molecular weight excluding hydrogens is 172 g/mol. The van der Waals surface area contributed by atoms with E-state index in [0.717, 1.165) is 6.54 Å². The summed E-state index contributed by atoms with van der Waals surface area (Å²) >= 11 is 0. The minimum Gasteiger partial charge on any atom is -0.311 e. The summed E-state index contributed by atoms with van der Waals surface area (Å²) in [5.74, 6) is 0. The molecule has 14 heavy (non-hydrogen) atoms. The van der Waals surface area contributed by atoms with Crippen LogP contribution in [0.3, 0.4) is 0 Å². The van der Waals surface area contributed by atoms with Crippen LogP contribution in [0.25, 0.3) is 0 Å². The maximum Gasteiger partial charge on any atom is 0.0332 e. The molecule has 1 rings (SSSR count). The second-order valence-electron chi connectivity index (χ2n) is 4.96. The van der Waals surface area contributed by atoms with E-state index in [1.54, 1.807) is 0 Å². The van der Waals surface area contributed by atoms with Crippen molar-refractivity contribution in [3.8, 4) is 0 Å². The first kappa shape index (κ1) is 12.0. The summed E-state index contributed by atoms with van der Waals surface area (Å²) < 4.78 is 0. The topological polar surface area (TPSA) is 15.3 Å². The van der Waals surface area contributed by atoms with Gasteiger partial charge in [-0.2, -0.15) is 0 Å². The summed E-state index contributed by atoms with van der Waals surface area (Å²) in [6.07, 6.45) is 2.50. The van der Waals surface area contributed by atoms with Crippen LogP contribution in [0.2, 0.25) is 0 Å². The number of nitrogens with one attached hydrogen (secondary N) is 1. The maximum atomic E-state index is 3.62. The number of rotatable bonds is 3. The Morgan fingerprint density at radius 2 is 1.93 bits per heavy atom. The van der Waals surface area contributed by atoms with Gasteiger partial charge < -0.3 is 5.32 Å². The van der Waals surface area contributed by atoms with Crippen LogP contribution in [0, 0.1) is 0 Å². The molecule has 0 radical (unpaired) electrons. The lowest BCUT2D eigenvalue weighted by atomic mass is 9.86. The Hall–Kier alpha value is -0.0800. The lowest BCUT2D eigenvalue weighted by Crippen LogP contribution is -2.65. The van der Waals surface area contributed by atoms with Crippen LogP contribution in [0.15, 0.2) is 0 Å². The van der Waals surface area contributed by atoms with Crippen LogP contribution in [0.1, 0.15) is 47.5 Å². The molecule has 0 saturated carbocycles. The molecule has 1 aliphatic rings. The van der Waals surface area contributed by atoms with E-state index in [0.29, 0.717) is 17.6 Å². The number of nitrogens with zero attached hydrogens (tertiary/aromatic N) is 1. The molecule has 0 aromatic carbocycles. The molecule has 0 aliphatic carbocycles. The Kier molecular flexibility index (Phi) is 3.96. The Labute approximate surface area is 89.1 Å². The summed E-state index contributed by atoms with van der Waals surface area (Å²) in [7, 11) is 0. The summed E-state index contributed by atoms with van der Waals surface area (Å²) in [4.78, 5) is 2.69. The van der Waals surface area contributed by atoms with E-state index in [1.165, 1.54) is 19.4 Å². The third-order valence-corrected chi connectivity index (χ3v) is 3.80. The van der Waals surface area contributed by atoms with Crippen molar-refractivity contribution in [2.75, 3.05) is 13.1 Å². The Morgan fingerprint density at radius 3 is 2.36 bits per heavy atom. The second kappa shape index (κ2) is 4.63. The lowest BCUT2D eigenvalue weighted by molar-refractivity contribution is 0.00940. The maximum absolute atomic E-state index is 3.62. The molecule has 1 unspecified atom stereocenters. The van der Waals surface area contributed by atoms with Crippen LogP contribution in [-0.4, -0.2) is 35.6 Å². The smallest absolute Gasteiger partial charge is 0.0332 e. The minimum atomic E-state index is 0.403. The molecule has 84 valence electrons. The van der Waals surface area contributed by atoms with E-state index in [1.807, 2.05) is 0 Å². The highest BCUT2D eigenvalue weighted by Crippen LogP contribution is 2.28. The number of hydrogen-bond donors (Lipinski definition) is 1. The predicted molar refractivity (Wildman–Crippen MR) is 62.6 cm³/mol. The molecule has 2 heteroatoms. The van der Waals surface area contributed by atoms with Gasteiger partial charge in [0, 0.05) is 30.7 Å². The van der Waals surface area contributed by atoms with Crippen LogP contribution in [0.4, 0.5) is 0 Å². The molecule has 1 fully saturated rings. The normalized spacial score (nSPS) is 28.3. The van der Waals surface area contributed by atoms with E-state index in [4.69, 9.17) is 0 Å². The van der Waals surface area contributed by atoms with Crippen molar-refractivity contribution in [2.24, 2.45) is 0 Å².